The van der Waals surface area contributed by atoms with Crippen molar-refractivity contribution in [2.45, 2.75) is 34.6 Å². The number of hydrogen-bond donors (Lipinski definition) is 0. The van der Waals surface area contributed by atoms with Crippen molar-refractivity contribution in [3.63, 3.8) is 0 Å². The molecule has 1 aliphatic carbocycles. The number of allylic oxidation sites excluding steroid dienone is 4. The van der Waals surface area contributed by atoms with Gasteiger partial charge in [-0.2, -0.15) is 11.1 Å². The monoisotopic (exact) mass is 187 g/mol. The van der Waals surface area contributed by atoms with Crippen molar-refractivity contribution in [3.8, 4) is 0 Å². The van der Waals surface area contributed by atoms with E-state index in [2.05, 4.69) is 40.7 Å². The topological polar surface area (TPSA) is 0 Å². The van der Waals surface area contributed by atoms with Gasteiger partial charge in [0, 0.05) is 17.4 Å². The van der Waals surface area contributed by atoms with Crippen LogP contribution in [0.5, 0.6) is 0 Å². The van der Waals surface area contributed by atoms with E-state index in [0.717, 1.165) is 0 Å². The molecule has 0 spiro atoms. The van der Waals surface area contributed by atoms with Crippen LogP contribution in [0.1, 0.15) is 34.6 Å². The van der Waals surface area contributed by atoms with Crippen LogP contribution in [0.3, 0.4) is 0 Å². The fraction of sp³-hybridized carbons (Fsp3) is 0.600. The largest absolute Gasteiger partial charge is 0.263 e. The second-order valence-corrected chi connectivity index (χ2v) is 3.62. The summed E-state index contributed by atoms with van der Waals surface area (Å²) in [6, 6.07) is 0. The summed E-state index contributed by atoms with van der Waals surface area (Å²) in [7, 11) is 0. The summed E-state index contributed by atoms with van der Waals surface area (Å²) in [6.07, 6.45) is 3.44. The third kappa shape index (κ3) is 1.78. The fourth-order valence-electron chi connectivity index (χ4n) is 1.41. The summed E-state index contributed by atoms with van der Waals surface area (Å²) < 4.78 is 0. The zero-order valence-corrected chi connectivity index (χ0v) is 9.18. The maximum Gasteiger partial charge on any atom is 0 e. The van der Waals surface area contributed by atoms with Gasteiger partial charge in [0.25, 0.3) is 0 Å². The Hall–Kier alpha value is 0.0125. The zero-order chi connectivity index (χ0) is 7.94. The van der Waals surface area contributed by atoms with Gasteiger partial charge in [-0.1, -0.05) is 33.1 Å². The van der Waals surface area contributed by atoms with Gasteiger partial charge >= 0.3 is 0 Å². The molecule has 0 aromatic heterocycles. The van der Waals surface area contributed by atoms with E-state index in [1.54, 1.807) is 0 Å². The van der Waals surface area contributed by atoms with Crippen LogP contribution in [0.25, 0.3) is 0 Å². The first-order valence-electron chi connectivity index (χ1n) is 3.75. The van der Waals surface area contributed by atoms with Crippen molar-refractivity contribution < 1.29 is 17.4 Å². The van der Waals surface area contributed by atoms with Gasteiger partial charge in [-0.15, -0.1) is 6.92 Å². The molecule has 0 aromatic rings. The van der Waals surface area contributed by atoms with E-state index >= 15 is 0 Å². The van der Waals surface area contributed by atoms with Crippen molar-refractivity contribution in [2.24, 2.45) is 5.41 Å². The van der Waals surface area contributed by atoms with Crippen molar-refractivity contribution in [3.05, 3.63) is 22.8 Å². The molecule has 0 aliphatic heterocycles. The Morgan fingerprint density at radius 3 is 1.64 bits per heavy atom. The first-order chi connectivity index (χ1) is 4.45. The molecule has 0 saturated carbocycles. The van der Waals surface area contributed by atoms with E-state index in [9.17, 15) is 0 Å². The molecule has 0 fully saturated rings. The smallest absolute Gasteiger partial charge is 0 e. The minimum absolute atomic E-state index is 0. The minimum atomic E-state index is 0. The number of rotatable bonds is 0. The van der Waals surface area contributed by atoms with Crippen LogP contribution in [0.2, 0.25) is 0 Å². The Labute approximate surface area is 80.5 Å². The molecule has 0 nitrogen and oxygen atoms in total. The van der Waals surface area contributed by atoms with Crippen molar-refractivity contribution >= 4 is 0 Å². The summed E-state index contributed by atoms with van der Waals surface area (Å²) in [6.45, 7) is 10.9. The van der Waals surface area contributed by atoms with Crippen molar-refractivity contribution in [1.82, 2.24) is 0 Å². The SMILES string of the molecule is CC1=[C-]C(C)(C)C(C)=C1C.[Cr]. The Bertz CT molecular complexity index is 219. The minimum Gasteiger partial charge on any atom is -0.263 e. The molecular formula is C10H15Cr-. The van der Waals surface area contributed by atoms with Gasteiger partial charge in [0.1, 0.15) is 0 Å². The molecule has 0 bridgehead atoms. The summed E-state index contributed by atoms with van der Waals surface area (Å²) in [4.78, 5) is 0. The quantitative estimate of drug-likeness (QED) is 0.511. The molecule has 1 heteroatoms. The Morgan fingerprint density at radius 2 is 1.55 bits per heavy atom. The van der Waals surface area contributed by atoms with Crippen LogP contribution in [0.15, 0.2) is 16.7 Å². The van der Waals surface area contributed by atoms with Crippen LogP contribution in [-0.4, -0.2) is 0 Å². The maximum absolute atomic E-state index is 3.44. The average molecular weight is 187 g/mol. The fourth-order valence-corrected chi connectivity index (χ4v) is 1.41. The molecule has 0 saturated heterocycles. The van der Waals surface area contributed by atoms with Crippen LogP contribution in [0.4, 0.5) is 0 Å². The van der Waals surface area contributed by atoms with Gasteiger partial charge in [0.2, 0.25) is 0 Å². The van der Waals surface area contributed by atoms with Crippen LogP contribution < -0.4 is 0 Å². The van der Waals surface area contributed by atoms with Crippen LogP contribution in [0, 0.1) is 11.5 Å². The molecule has 0 N–H and O–H groups in total. The maximum atomic E-state index is 3.44. The molecule has 0 aromatic carbocycles. The molecule has 0 unspecified atom stereocenters. The van der Waals surface area contributed by atoms with E-state index in [-0.39, 0.29) is 22.8 Å². The molecule has 0 heterocycles. The number of hydrogen-bond acceptors (Lipinski definition) is 0. The molecule has 0 amide bonds. The second kappa shape index (κ2) is 3.17. The van der Waals surface area contributed by atoms with E-state index in [0.29, 0.717) is 0 Å². The normalized spacial score (nSPS) is 21.4. The molecule has 0 radical (unpaired) electrons. The third-order valence-electron chi connectivity index (χ3n) is 2.56. The zero-order valence-electron chi connectivity index (χ0n) is 7.91. The van der Waals surface area contributed by atoms with E-state index < -0.39 is 0 Å². The van der Waals surface area contributed by atoms with Gasteiger partial charge < -0.3 is 0 Å². The van der Waals surface area contributed by atoms with Gasteiger partial charge in [0.15, 0.2) is 0 Å². The molecule has 0 atom stereocenters. The summed E-state index contributed by atoms with van der Waals surface area (Å²) >= 11 is 0. The van der Waals surface area contributed by atoms with E-state index in [1.807, 2.05) is 0 Å². The third-order valence-corrected chi connectivity index (χ3v) is 2.56. The van der Waals surface area contributed by atoms with Gasteiger partial charge in [0.05, 0.1) is 0 Å². The Balaban J connectivity index is 0.000001000. The van der Waals surface area contributed by atoms with E-state index in [1.165, 1.54) is 16.7 Å². The first kappa shape index (κ1) is 11.0. The first-order valence-corrected chi connectivity index (χ1v) is 3.75. The molecule has 1 aliphatic rings. The van der Waals surface area contributed by atoms with Crippen LogP contribution in [-0.2, 0) is 17.4 Å². The Kier molecular flexibility index (Phi) is 3.18. The second-order valence-electron chi connectivity index (χ2n) is 3.62. The molecule has 1 rings (SSSR count). The summed E-state index contributed by atoms with van der Waals surface area (Å²) in [5, 5.41) is 0. The summed E-state index contributed by atoms with van der Waals surface area (Å²) in [5.74, 6) is 0. The predicted molar refractivity (Wildman–Crippen MR) is 44.6 cm³/mol. The van der Waals surface area contributed by atoms with Gasteiger partial charge in [-0.25, -0.2) is 5.57 Å². The van der Waals surface area contributed by atoms with Gasteiger partial charge in [-0.3, -0.25) is 6.08 Å². The van der Waals surface area contributed by atoms with E-state index in [4.69, 9.17) is 0 Å². The van der Waals surface area contributed by atoms with Crippen molar-refractivity contribution in [2.75, 3.05) is 0 Å². The van der Waals surface area contributed by atoms with Gasteiger partial charge in [-0.05, 0) is 0 Å². The Morgan fingerprint density at radius 1 is 1.09 bits per heavy atom. The molecular weight excluding hydrogens is 172 g/mol. The predicted octanol–water partition coefficient (Wildman–Crippen LogP) is 3.11. The standard InChI is InChI=1S/C10H15.Cr/c1-7-6-10(4,5)9(3)8(7)2;/h1-5H3;/q-1;. The molecule has 11 heavy (non-hydrogen) atoms. The average Bonchev–Trinajstić information content (AvgIpc) is 1.95. The summed E-state index contributed by atoms with van der Waals surface area (Å²) in [5.41, 5.74) is 4.39. The van der Waals surface area contributed by atoms with Crippen molar-refractivity contribution in [1.29, 1.82) is 0 Å². The van der Waals surface area contributed by atoms with Crippen LogP contribution >= 0.6 is 0 Å². The molecule has 62 valence electrons.